The van der Waals surface area contributed by atoms with E-state index < -0.39 is 23.7 Å². The molecule has 2 aromatic carbocycles. The number of hydrogen-bond acceptors (Lipinski definition) is 5. The van der Waals surface area contributed by atoms with E-state index in [4.69, 9.17) is 15.2 Å². The Morgan fingerprint density at radius 3 is 2.28 bits per heavy atom. The number of nitrogen functional groups attached to an aromatic ring is 1. The summed E-state index contributed by atoms with van der Waals surface area (Å²) >= 11 is 0. The maximum atomic E-state index is 13.3. The lowest BCUT2D eigenvalue weighted by Gasteiger charge is -2.31. The first kappa shape index (κ1) is 17.0. The van der Waals surface area contributed by atoms with Gasteiger partial charge in [-0.15, -0.1) is 0 Å². The molecule has 2 aromatic rings. The quantitative estimate of drug-likeness (QED) is 0.647. The minimum absolute atomic E-state index is 0.0640. The van der Waals surface area contributed by atoms with Gasteiger partial charge in [0.25, 0.3) is 0 Å². The van der Waals surface area contributed by atoms with Crippen LogP contribution in [0.2, 0.25) is 0 Å². The summed E-state index contributed by atoms with van der Waals surface area (Å²) < 4.78 is 71.8. The summed E-state index contributed by atoms with van der Waals surface area (Å²) in [6.45, 7) is 2.11. The van der Waals surface area contributed by atoms with E-state index >= 15 is 0 Å². The van der Waals surface area contributed by atoms with Crippen LogP contribution in [0.3, 0.4) is 0 Å². The van der Waals surface area contributed by atoms with Crippen LogP contribution in [0.1, 0.15) is 6.92 Å². The molecule has 1 heterocycles. The van der Waals surface area contributed by atoms with Crippen LogP contribution in [0.5, 0.6) is 28.7 Å². The molecule has 5 nitrogen and oxygen atoms in total. The topological polar surface area (TPSA) is 62.9 Å². The summed E-state index contributed by atoms with van der Waals surface area (Å²) in [5.74, 6) is -0.416. The highest BCUT2D eigenvalue weighted by atomic mass is 19.3. The van der Waals surface area contributed by atoms with Crippen molar-refractivity contribution >= 4 is 5.69 Å². The summed E-state index contributed by atoms with van der Waals surface area (Å²) in [6, 6.07) is 7.96. The van der Waals surface area contributed by atoms with Crippen molar-refractivity contribution in [2.45, 2.75) is 19.1 Å². The number of fused-ring (bicyclic) bond motifs is 1. The van der Waals surface area contributed by atoms with E-state index in [2.05, 4.69) is 9.47 Å². The van der Waals surface area contributed by atoms with Gasteiger partial charge in [0.05, 0.1) is 6.61 Å². The first-order valence-electron chi connectivity index (χ1n) is 7.20. The van der Waals surface area contributed by atoms with Gasteiger partial charge < -0.3 is 24.7 Å². The summed E-state index contributed by atoms with van der Waals surface area (Å²) in [5.41, 5.74) is 6.12. The van der Waals surface area contributed by atoms with E-state index in [1.54, 1.807) is 13.0 Å². The third-order valence-electron chi connectivity index (χ3n) is 3.23. The number of anilines is 1. The Bertz CT molecular complexity index is 798. The van der Waals surface area contributed by atoms with Crippen LogP contribution in [0, 0.1) is 0 Å². The van der Waals surface area contributed by atoms with Gasteiger partial charge in [0.15, 0.2) is 23.0 Å². The molecular weight excluding hydrogens is 346 g/mol. The number of halogens is 4. The molecule has 0 aliphatic carbocycles. The minimum atomic E-state index is -4.80. The molecule has 0 spiro atoms. The molecule has 0 saturated carbocycles. The molecule has 2 N–H and O–H groups in total. The van der Waals surface area contributed by atoms with Gasteiger partial charge in [0, 0.05) is 17.8 Å². The minimum Gasteiger partial charge on any atom is -0.490 e. The van der Waals surface area contributed by atoms with Gasteiger partial charge in [-0.25, -0.2) is 0 Å². The first-order valence-corrected chi connectivity index (χ1v) is 7.20. The molecule has 1 aliphatic heterocycles. The Hall–Kier alpha value is -2.84. The standard InChI is InChI=1S/C16H13F4NO4/c1-2-22-13-7-9(21)3-5-11(13)23-10-4-6-12-14(8-10)25-16(19,20)15(17,18)24-12/h3-8H,2,21H2,1H3. The zero-order valence-electron chi connectivity index (χ0n) is 12.9. The highest BCUT2D eigenvalue weighted by molar-refractivity contribution is 5.54. The van der Waals surface area contributed by atoms with Gasteiger partial charge in [-0.1, -0.05) is 0 Å². The van der Waals surface area contributed by atoms with E-state index in [-0.39, 0.29) is 11.5 Å². The average molecular weight is 359 g/mol. The van der Waals surface area contributed by atoms with Gasteiger partial charge >= 0.3 is 12.2 Å². The number of hydrogen-bond donors (Lipinski definition) is 1. The largest absolute Gasteiger partial charge is 0.507 e. The Labute approximate surface area is 139 Å². The van der Waals surface area contributed by atoms with Crippen LogP contribution in [0.4, 0.5) is 23.2 Å². The summed E-state index contributed by atoms with van der Waals surface area (Å²) in [6.07, 6.45) is -9.56. The normalized spacial score (nSPS) is 17.0. The van der Waals surface area contributed by atoms with Crippen molar-refractivity contribution in [3.63, 3.8) is 0 Å². The molecule has 1 aliphatic rings. The van der Waals surface area contributed by atoms with Gasteiger partial charge in [0.2, 0.25) is 0 Å². The Morgan fingerprint density at radius 1 is 0.920 bits per heavy atom. The molecule has 0 unspecified atom stereocenters. The van der Waals surface area contributed by atoms with Gasteiger partial charge in [0.1, 0.15) is 5.75 Å². The van der Waals surface area contributed by atoms with Crippen molar-refractivity contribution in [1.82, 2.24) is 0 Å². The zero-order chi connectivity index (χ0) is 18.2. The number of rotatable bonds is 4. The average Bonchev–Trinajstić information content (AvgIpc) is 2.51. The molecule has 3 rings (SSSR count). The second kappa shape index (κ2) is 5.91. The Kier molecular flexibility index (Phi) is 4.02. The lowest BCUT2D eigenvalue weighted by molar-refractivity contribution is -0.391. The zero-order valence-corrected chi connectivity index (χ0v) is 12.9. The maximum absolute atomic E-state index is 13.3. The van der Waals surface area contributed by atoms with Crippen molar-refractivity contribution in [3.05, 3.63) is 36.4 Å². The van der Waals surface area contributed by atoms with Crippen LogP contribution in [0.25, 0.3) is 0 Å². The Morgan fingerprint density at radius 2 is 1.60 bits per heavy atom. The number of ether oxygens (including phenoxy) is 4. The molecular formula is C16H13F4NO4. The fourth-order valence-electron chi connectivity index (χ4n) is 2.12. The molecule has 0 bridgehead atoms. The summed E-state index contributed by atoms with van der Waals surface area (Å²) in [7, 11) is 0. The van der Waals surface area contributed by atoms with Crippen LogP contribution >= 0.6 is 0 Å². The summed E-state index contributed by atoms with van der Waals surface area (Å²) in [4.78, 5) is 0. The molecule has 25 heavy (non-hydrogen) atoms. The first-order chi connectivity index (χ1) is 11.7. The smallest absolute Gasteiger partial charge is 0.490 e. The fraction of sp³-hybridized carbons (Fsp3) is 0.250. The van der Waals surface area contributed by atoms with Crippen molar-refractivity contribution < 1.29 is 36.5 Å². The van der Waals surface area contributed by atoms with Gasteiger partial charge in [-0.2, -0.15) is 17.6 Å². The van der Waals surface area contributed by atoms with Crippen LogP contribution in [0.15, 0.2) is 36.4 Å². The predicted octanol–water partition coefficient (Wildman–Crippen LogP) is 4.42. The predicted molar refractivity (Wildman–Crippen MR) is 79.7 cm³/mol. The van der Waals surface area contributed by atoms with Crippen LogP contribution in [-0.4, -0.2) is 18.8 Å². The molecule has 0 atom stereocenters. The van der Waals surface area contributed by atoms with E-state index in [1.165, 1.54) is 18.2 Å². The fourth-order valence-corrected chi connectivity index (χ4v) is 2.12. The third kappa shape index (κ3) is 3.21. The summed E-state index contributed by atoms with van der Waals surface area (Å²) in [5, 5.41) is 0. The van der Waals surface area contributed by atoms with Gasteiger partial charge in [-0.3, -0.25) is 0 Å². The molecule has 0 saturated heterocycles. The molecule has 0 aromatic heterocycles. The van der Waals surface area contributed by atoms with E-state index in [0.717, 1.165) is 12.1 Å². The molecule has 134 valence electrons. The number of alkyl halides is 4. The van der Waals surface area contributed by atoms with Crippen molar-refractivity contribution in [3.8, 4) is 28.7 Å². The highest BCUT2D eigenvalue weighted by Crippen LogP contribution is 2.48. The second-order valence-corrected chi connectivity index (χ2v) is 5.09. The lowest BCUT2D eigenvalue weighted by Crippen LogP contribution is -2.52. The SMILES string of the molecule is CCOc1cc(N)ccc1Oc1ccc2c(c1)OC(F)(F)C(F)(F)O2. The molecule has 9 heteroatoms. The van der Waals surface area contributed by atoms with E-state index in [0.29, 0.717) is 18.0 Å². The lowest BCUT2D eigenvalue weighted by atomic mass is 10.2. The molecule has 0 amide bonds. The Balaban J connectivity index is 1.89. The van der Waals surface area contributed by atoms with Crippen LogP contribution < -0.4 is 24.7 Å². The van der Waals surface area contributed by atoms with E-state index in [9.17, 15) is 17.6 Å². The number of benzene rings is 2. The van der Waals surface area contributed by atoms with Crippen molar-refractivity contribution in [2.24, 2.45) is 0 Å². The molecule has 0 radical (unpaired) electrons. The second-order valence-electron chi connectivity index (χ2n) is 5.09. The van der Waals surface area contributed by atoms with Gasteiger partial charge in [-0.05, 0) is 31.2 Å². The number of nitrogens with two attached hydrogens (primary N) is 1. The maximum Gasteiger partial charge on any atom is 0.507 e. The van der Waals surface area contributed by atoms with E-state index in [1.807, 2.05) is 0 Å². The van der Waals surface area contributed by atoms with Crippen molar-refractivity contribution in [1.29, 1.82) is 0 Å². The monoisotopic (exact) mass is 359 g/mol. The highest BCUT2D eigenvalue weighted by Gasteiger charge is 2.65. The van der Waals surface area contributed by atoms with Crippen LogP contribution in [-0.2, 0) is 0 Å². The third-order valence-corrected chi connectivity index (χ3v) is 3.23. The molecule has 0 fully saturated rings. The van der Waals surface area contributed by atoms with Crippen molar-refractivity contribution in [2.75, 3.05) is 12.3 Å².